The van der Waals surface area contributed by atoms with Gasteiger partial charge in [0.25, 0.3) is 0 Å². The maximum absolute atomic E-state index is 11.2. The number of hydrogen-bond acceptors (Lipinski definition) is 2. The van der Waals surface area contributed by atoms with Crippen molar-refractivity contribution in [1.82, 2.24) is 4.57 Å². The molecule has 0 aliphatic rings. The zero-order valence-corrected chi connectivity index (χ0v) is 14.9. The second-order valence-corrected chi connectivity index (χ2v) is 6.42. The molecule has 0 amide bonds. The molecule has 4 heteroatoms. The van der Waals surface area contributed by atoms with Crippen molar-refractivity contribution in [3.05, 3.63) is 30.9 Å². The molecule has 4 nitrogen and oxygen atoms in total. The number of carbonyl (C=O) groups is 1. The Balaban J connectivity index is 1.79. The van der Waals surface area contributed by atoms with Crippen molar-refractivity contribution in [3.8, 4) is 0 Å². The SMILES string of the molecule is C=C(C)C(=O)OCCCCCCCCCCCn1cc[n+](C)c1. The first-order chi connectivity index (χ1) is 11.1. The van der Waals surface area contributed by atoms with Crippen molar-refractivity contribution in [2.45, 2.75) is 71.3 Å². The van der Waals surface area contributed by atoms with Gasteiger partial charge < -0.3 is 4.74 Å². The van der Waals surface area contributed by atoms with E-state index >= 15 is 0 Å². The van der Waals surface area contributed by atoms with Crippen LogP contribution in [0.3, 0.4) is 0 Å². The van der Waals surface area contributed by atoms with E-state index in [9.17, 15) is 4.79 Å². The maximum atomic E-state index is 11.2. The number of aromatic nitrogens is 2. The van der Waals surface area contributed by atoms with Gasteiger partial charge in [0.15, 0.2) is 0 Å². The van der Waals surface area contributed by atoms with E-state index in [2.05, 4.69) is 41.5 Å². The molecule has 23 heavy (non-hydrogen) atoms. The van der Waals surface area contributed by atoms with Crippen molar-refractivity contribution in [2.24, 2.45) is 7.05 Å². The average molecular weight is 321 g/mol. The number of aryl methyl sites for hydroxylation is 2. The summed E-state index contributed by atoms with van der Waals surface area (Å²) in [6, 6.07) is 0. The fourth-order valence-electron chi connectivity index (χ4n) is 2.56. The Labute approximate surface area is 141 Å². The Morgan fingerprint density at radius 3 is 2.13 bits per heavy atom. The van der Waals surface area contributed by atoms with Gasteiger partial charge in [-0.25, -0.2) is 13.9 Å². The second-order valence-electron chi connectivity index (χ2n) is 6.42. The molecule has 1 rings (SSSR count). The van der Waals surface area contributed by atoms with Crippen molar-refractivity contribution < 1.29 is 14.1 Å². The summed E-state index contributed by atoms with van der Waals surface area (Å²) in [5, 5.41) is 0. The third-order valence-corrected chi connectivity index (χ3v) is 3.97. The monoisotopic (exact) mass is 321 g/mol. The first kappa shape index (κ1) is 19.5. The molecule has 0 aliphatic heterocycles. The highest BCUT2D eigenvalue weighted by molar-refractivity contribution is 5.86. The predicted molar refractivity (Wildman–Crippen MR) is 92.9 cm³/mol. The zero-order chi connectivity index (χ0) is 16.9. The summed E-state index contributed by atoms with van der Waals surface area (Å²) in [7, 11) is 2.06. The van der Waals surface area contributed by atoms with Gasteiger partial charge in [-0.3, -0.25) is 0 Å². The van der Waals surface area contributed by atoms with Gasteiger partial charge in [0.1, 0.15) is 12.4 Å². The fourth-order valence-corrected chi connectivity index (χ4v) is 2.56. The molecule has 1 aromatic rings. The number of rotatable bonds is 13. The van der Waals surface area contributed by atoms with Crippen LogP contribution in [0.5, 0.6) is 0 Å². The summed E-state index contributed by atoms with van der Waals surface area (Å²) >= 11 is 0. The second kappa shape index (κ2) is 11.9. The minimum atomic E-state index is -0.265. The molecule has 1 heterocycles. The van der Waals surface area contributed by atoms with E-state index in [0.717, 1.165) is 19.4 Å². The molecule has 0 aromatic carbocycles. The number of carbonyl (C=O) groups excluding carboxylic acids is 1. The van der Waals surface area contributed by atoms with E-state index in [1.165, 1.54) is 44.9 Å². The van der Waals surface area contributed by atoms with E-state index in [0.29, 0.717) is 12.2 Å². The Hall–Kier alpha value is -1.58. The van der Waals surface area contributed by atoms with Crippen LogP contribution >= 0.6 is 0 Å². The minimum absolute atomic E-state index is 0.265. The summed E-state index contributed by atoms with van der Waals surface area (Å²) in [6.45, 7) is 6.91. The summed E-state index contributed by atoms with van der Waals surface area (Å²) in [5.41, 5.74) is 0.482. The van der Waals surface area contributed by atoms with Crippen LogP contribution in [0.2, 0.25) is 0 Å². The van der Waals surface area contributed by atoms with Gasteiger partial charge in [-0.2, -0.15) is 0 Å². The summed E-state index contributed by atoms with van der Waals surface area (Å²) in [6.07, 6.45) is 17.6. The van der Waals surface area contributed by atoms with Crippen LogP contribution in [0.4, 0.5) is 0 Å². The van der Waals surface area contributed by atoms with E-state index in [4.69, 9.17) is 4.74 Å². The number of ether oxygens (including phenoxy) is 1. The van der Waals surface area contributed by atoms with Crippen LogP contribution in [0, 0.1) is 0 Å². The van der Waals surface area contributed by atoms with E-state index in [1.807, 2.05) is 0 Å². The van der Waals surface area contributed by atoms with Gasteiger partial charge in [-0.05, 0) is 26.2 Å². The van der Waals surface area contributed by atoms with Crippen molar-refractivity contribution in [3.63, 3.8) is 0 Å². The van der Waals surface area contributed by atoms with Gasteiger partial charge in [0.05, 0.1) is 20.2 Å². The molecule has 130 valence electrons. The van der Waals surface area contributed by atoms with E-state index < -0.39 is 0 Å². The number of imidazole rings is 1. The van der Waals surface area contributed by atoms with Gasteiger partial charge in [0, 0.05) is 5.57 Å². The Kier molecular flexibility index (Phi) is 10.1. The predicted octanol–water partition coefficient (Wildman–Crippen LogP) is 3.94. The van der Waals surface area contributed by atoms with Crippen LogP contribution in [0.25, 0.3) is 0 Å². The lowest BCUT2D eigenvalue weighted by Crippen LogP contribution is -2.23. The lowest BCUT2D eigenvalue weighted by molar-refractivity contribution is -0.671. The molecule has 0 saturated heterocycles. The van der Waals surface area contributed by atoms with Crippen LogP contribution in [-0.2, 0) is 23.1 Å². The molecule has 1 aromatic heterocycles. The quantitative estimate of drug-likeness (QED) is 0.239. The number of nitrogens with zero attached hydrogens (tertiary/aromatic N) is 2. The highest BCUT2D eigenvalue weighted by Crippen LogP contribution is 2.10. The normalized spacial score (nSPS) is 10.7. The van der Waals surface area contributed by atoms with Crippen LogP contribution in [-0.4, -0.2) is 17.1 Å². The molecule has 0 radical (unpaired) electrons. The first-order valence-electron chi connectivity index (χ1n) is 8.93. The Morgan fingerprint density at radius 1 is 1.04 bits per heavy atom. The molecule has 0 atom stereocenters. The largest absolute Gasteiger partial charge is 0.462 e. The lowest BCUT2D eigenvalue weighted by Gasteiger charge is -2.04. The van der Waals surface area contributed by atoms with Crippen molar-refractivity contribution in [1.29, 1.82) is 0 Å². The fraction of sp³-hybridized carbons (Fsp3) is 0.684. The van der Waals surface area contributed by atoms with Crippen LogP contribution in [0.1, 0.15) is 64.7 Å². The molecule has 0 bridgehead atoms. The maximum Gasteiger partial charge on any atom is 0.333 e. The average Bonchev–Trinajstić information content (AvgIpc) is 2.93. The summed E-state index contributed by atoms with van der Waals surface area (Å²) < 4.78 is 9.40. The molecule has 0 aliphatic carbocycles. The minimum Gasteiger partial charge on any atom is -0.462 e. The number of hydrogen-bond donors (Lipinski definition) is 0. The molecule has 0 spiro atoms. The standard InChI is InChI=1S/C19H33N2O2/c1-18(2)19(22)23-16-12-10-8-6-4-5-7-9-11-13-21-15-14-20(3)17-21/h14-15,17H,1,4-13,16H2,2-3H3/q+1. The molecule has 0 unspecified atom stereocenters. The summed E-state index contributed by atoms with van der Waals surface area (Å²) in [5.74, 6) is -0.265. The lowest BCUT2D eigenvalue weighted by atomic mass is 10.1. The van der Waals surface area contributed by atoms with E-state index in [-0.39, 0.29) is 5.97 Å². The molecule has 0 N–H and O–H groups in total. The van der Waals surface area contributed by atoms with Gasteiger partial charge in [-0.1, -0.05) is 45.1 Å². The topological polar surface area (TPSA) is 35.1 Å². The van der Waals surface area contributed by atoms with Crippen molar-refractivity contribution >= 4 is 5.97 Å². The third-order valence-electron chi connectivity index (χ3n) is 3.97. The first-order valence-corrected chi connectivity index (χ1v) is 8.93. The highest BCUT2D eigenvalue weighted by atomic mass is 16.5. The number of unbranched alkanes of at least 4 members (excludes halogenated alkanes) is 8. The summed E-state index contributed by atoms with van der Waals surface area (Å²) in [4.78, 5) is 11.2. The number of esters is 1. The smallest absolute Gasteiger partial charge is 0.333 e. The van der Waals surface area contributed by atoms with Gasteiger partial charge in [0.2, 0.25) is 6.33 Å². The molecule has 0 fully saturated rings. The molecular weight excluding hydrogens is 288 g/mol. The van der Waals surface area contributed by atoms with Crippen molar-refractivity contribution in [2.75, 3.05) is 6.61 Å². The highest BCUT2D eigenvalue weighted by Gasteiger charge is 2.02. The Bertz CT molecular complexity index is 466. The third kappa shape index (κ3) is 9.93. The van der Waals surface area contributed by atoms with Crippen LogP contribution < -0.4 is 4.57 Å². The van der Waals surface area contributed by atoms with E-state index in [1.54, 1.807) is 6.92 Å². The molecule has 0 saturated carbocycles. The van der Waals surface area contributed by atoms with Gasteiger partial charge >= 0.3 is 5.97 Å². The zero-order valence-electron chi connectivity index (χ0n) is 14.9. The Morgan fingerprint density at radius 2 is 1.61 bits per heavy atom. The van der Waals surface area contributed by atoms with Gasteiger partial charge in [-0.15, -0.1) is 0 Å². The van der Waals surface area contributed by atoms with Crippen LogP contribution in [0.15, 0.2) is 30.9 Å². The molecular formula is C19H33N2O2+.